The molecule has 0 aliphatic rings. The summed E-state index contributed by atoms with van der Waals surface area (Å²) in [4.78, 5) is 16.7. The van der Waals surface area contributed by atoms with E-state index in [2.05, 4.69) is 56.3 Å². The Kier molecular flexibility index (Phi) is 9.34. The maximum absolute atomic E-state index is 4.19. The van der Waals surface area contributed by atoms with Gasteiger partial charge in [-0.05, 0) is 30.4 Å². The van der Waals surface area contributed by atoms with Gasteiger partial charge in [0, 0.05) is 13.1 Å². The van der Waals surface area contributed by atoms with Crippen molar-refractivity contribution in [2.75, 3.05) is 13.1 Å². The van der Waals surface area contributed by atoms with E-state index in [1.54, 1.807) is 0 Å². The van der Waals surface area contributed by atoms with Crippen LogP contribution in [-0.4, -0.2) is 25.1 Å². The second-order valence-corrected chi connectivity index (χ2v) is 5.63. The summed E-state index contributed by atoms with van der Waals surface area (Å²) in [6, 6.07) is 25.8. The molecule has 25 heavy (non-hydrogen) atoms. The van der Waals surface area contributed by atoms with E-state index >= 15 is 0 Å². The topological polar surface area (TPSA) is 49.4 Å². The Morgan fingerprint density at radius 3 is 1.40 bits per heavy atom. The number of unbranched alkanes of at least 4 members (excludes halogenated alkanes) is 2. The minimum atomic E-state index is 0.640. The fourth-order valence-corrected chi connectivity index (χ4v) is 2.18. The third-order valence-electron chi connectivity index (χ3n) is 3.53. The first-order valence-electron chi connectivity index (χ1n) is 8.69. The number of hydrogen-bond donors (Lipinski definition) is 0. The minimum Gasteiger partial charge on any atom is -0.226 e. The Hall–Kier alpha value is -2.80. The predicted octanol–water partition coefficient (Wildman–Crippen LogP) is 4.90. The lowest BCUT2D eigenvalue weighted by molar-refractivity contribution is 0.698. The van der Waals surface area contributed by atoms with E-state index in [1.807, 2.05) is 36.4 Å². The third kappa shape index (κ3) is 9.17. The third-order valence-corrected chi connectivity index (χ3v) is 3.53. The van der Waals surface area contributed by atoms with Crippen LogP contribution in [0.4, 0.5) is 0 Å². The molecule has 4 nitrogen and oxygen atoms in total. The molecule has 128 valence electrons. The molecule has 0 saturated carbocycles. The molecule has 0 aromatic heterocycles. The molecule has 0 fully saturated rings. The molecule has 2 aromatic carbocycles. The molecule has 0 unspecified atom stereocenters. The Balaban J connectivity index is 1.49. The summed E-state index contributed by atoms with van der Waals surface area (Å²) in [5.74, 6) is 0. The van der Waals surface area contributed by atoms with Gasteiger partial charge in [-0.25, -0.2) is 20.0 Å². The van der Waals surface area contributed by atoms with Crippen LogP contribution in [0.1, 0.15) is 30.4 Å². The van der Waals surface area contributed by atoms with Crippen molar-refractivity contribution in [2.24, 2.45) is 20.0 Å². The quantitative estimate of drug-likeness (QED) is 0.439. The fraction of sp³-hybridized carbons (Fsp3) is 0.333. The molecular formula is C21H24N4. The highest BCUT2D eigenvalue weighted by Gasteiger charge is 1.88. The van der Waals surface area contributed by atoms with Crippen molar-refractivity contribution in [2.45, 2.75) is 32.4 Å². The highest BCUT2D eigenvalue weighted by atomic mass is 14.8. The van der Waals surface area contributed by atoms with Gasteiger partial charge in [0.05, 0.1) is 25.1 Å². The molecule has 0 heterocycles. The molecule has 0 aliphatic heterocycles. The lowest BCUT2D eigenvalue weighted by atomic mass is 10.2. The average Bonchev–Trinajstić information content (AvgIpc) is 2.67. The van der Waals surface area contributed by atoms with Crippen molar-refractivity contribution in [3.63, 3.8) is 0 Å². The van der Waals surface area contributed by atoms with Gasteiger partial charge in [0.25, 0.3) is 0 Å². The first-order valence-corrected chi connectivity index (χ1v) is 8.69. The van der Waals surface area contributed by atoms with Gasteiger partial charge in [-0.2, -0.15) is 0 Å². The SMILES string of the molecule is C(=NCCCCCN=C=NCc1ccccc1)=NCc1ccccc1. The van der Waals surface area contributed by atoms with E-state index in [0.717, 1.165) is 32.4 Å². The number of hydrogen-bond acceptors (Lipinski definition) is 4. The van der Waals surface area contributed by atoms with E-state index < -0.39 is 0 Å². The molecule has 0 bridgehead atoms. The van der Waals surface area contributed by atoms with Crippen LogP contribution in [0.3, 0.4) is 0 Å². The van der Waals surface area contributed by atoms with Crippen molar-refractivity contribution in [1.82, 2.24) is 0 Å². The second-order valence-electron chi connectivity index (χ2n) is 5.63. The lowest BCUT2D eigenvalue weighted by Crippen LogP contribution is -1.85. The largest absolute Gasteiger partial charge is 0.226 e. The molecule has 0 spiro atoms. The maximum atomic E-state index is 4.19. The zero-order valence-electron chi connectivity index (χ0n) is 14.5. The van der Waals surface area contributed by atoms with Crippen LogP contribution in [0.15, 0.2) is 80.6 Å². The van der Waals surface area contributed by atoms with Gasteiger partial charge in [0.15, 0.2) is 0 Å². The van der Waals surface area contributed by atoms with E-state index in [4.69, 9.17) is 0 Å². The Labute approximate surface area is 149 Å². The fourth-order valence-electron chi connectivity index (χ4n) is 2.18. The van der Waals surface area contributed by atoms with Crippen molar-refractivity contribution in [3.05, 3.63) is 71.8 Å². The summed E-state index contributed by atoms with van der Waals surface area (Å²) in [6.45, 7) is 2.82. The maximum Gasteiger partial charge on any atom is 0.0896 e. The van der Waals surface area contributed by atoms with Crippen LogP contribution in [0.5, 0.6) is 0 Å². The van der Waals surface area contributed by atoms with Crippen LogP contribution in [0.2, 0.25) is 0 Å². The summed E-state index contributed by atoms with van der Waals surface area (Å²) in [6.07, 6.45) is 3.16. The zero-order chi connectivity index (χ0) is 17.4. The standard InChI is InChI=1S/C21H24N4/c1-4-10-20(11-5-1)16-24-18-22-14-8-3-9-15-23-19-25-17-21-12-6-2-7-13-21/h1-2,4-7,10-13H,3,8-9,14-17H2. The molecule has 0 N–H and O–H groups in total. The van der Waals surface area contributed by atoms with Gasteiger partial charge in [-0.15, -0.1) is 0 Å². The monoisotopic (exact) mass is 332 g/mol. The Bertz CT molecular complexity index is 647. The number of aliphatic imine (C=N–C) groups is 4. The average molecular weight is 332 g/mol. The number of benzene rings is 2. The van der Waals surface area contributed by atoms with Crippen LogP contribution in [0.25, 0.3) is 0 Å². The zero-order valence-corrected chi connectivity index (χ0v) is 14.5. The van der Waals surface area contributed by atoms with E-state index in [1.165, 1.54) is 11.1 Å². The molecule has 2 rings (SSSR count). The smallest absolute Gasteiger partial charge is 0.0896 e. The molecule has 0 saturated heterocycles. The summed E-state index contributed by atoms with van der Waals surface area (Å²) < 4.78 is 0. The molecule has 2 aromatic rings. The highest BCUT2D eigenvalue weighted by Crippen LogP contribution is 2.00. The van der Waals surface area contributed by atoms with Crippen LogP contribution in [-0.2, 0) is 13.1 Å². The second kappa shape index (κ2) is 12.6. The highest BCUT2D eigenvalue weighted by molar-refractivity contribution is 5.41. The van der Waals surface area contributed by atoms with Gasteiger partial charge < -0.3 is 0 Å². The van der Waals surface area contributed by atoms with Crippen LogP contribution in [0, 0.1) is 0 Å². The molecule has 4 heteroatoms. The van der Waals surface area contributed by atoms with E-state index in [9.17, 15) is 0 Å². The first-order chi connectivity index (χ1) is 12.4. The minimum absolute atomic E-state index is 0.640. The molecule has 0 aliphatic carbocycles. The van der Waals surface area contributed by atoms with Gasteiger partial charge in [0.1, 0.15) is 0 Å². The summed E-state index contributed by atoms with van der Waals surface area (Å²) in [5.41, 5.74) is 2.36. The van der Waals surface area contributed by atoms with Crippen molar-refractivity contribution >= 4 is 12.0 Å². The van der Waals surface area contributed by atoms with Gasteiger partial charge in [0.2, 0.25) is 0 Å². The van der Waals surface area contributed by atoms with E-state index in [-0.39, 0.29) is 0 Å². The number of nitrogens with zero attached hydrogens (tertiary/aromatic N) is 4. The lowest BCUT2D eigenvalue weighted by Gasteiger charge is -1.93. The Morgan fingerprint density at radius 1 is 0.520 bits per heavy atom. The summed E-state index contributed by atoms with van der Waals surface area (Å²) in [5, 5.41) is 0. The molecule has 0 atom stereocenters. The summed E-state index contributed by atoms with van der Waals surface area (Å²) in [7, 11) is 0. The normalized spacial score (nSPS) is 9.60. The van der Waals surface area contributed by atoms with E-state index in [0.29, 0.717) is 13.1 Å². The Morgan fingerprint density at radius 2 is 0.960 bits per heavy atom. The number of rotatable bonds is 10. The van der Waals surface area contributed by atoms with Gasteiger partial charge in [-0.3, -0.25) is 0 Å². The predicted molar refractivity (Wildman–Crippen MR) is 104 cm³/mol. The molecule has 0 amide bonds. The summed E-state index contributed by atoms with van der Waals surface area (Å²) >= 11 is 0. The van der Waals surface area contributed by atoms with Crippen LogP contribution >= 0.6 is 0 Å². The van der Waals surface area contributed by atoms with Crippen molar-refractivity contribution in [1.29, 1.82) is 0 Å². The van der Waals surface area contributed by atoms with Gasteiger partial charge >= 0.3 is 0 Å². The van der Waals surface area contributed by atoms with Gasteiger partial charge in [-0.1, -0.05) is 60.7 Å². The van der Waals surface area contributed by atoms with Crippen molar-refractivity contribution in [3.8, 4) is 0 Å². The molecule has 0 radical (unpaired) electrons. The van der Waals surface area contributed by atoms with Crippen molar-refractivity contribution < 1.29 is 0 Å². The first kappa shape index (κ1) is 18.5. The molecular weight excluding hydrogens is 308 g/mol. The van der Waals surface area contributed by atoms with Crippen LogP contribution < -0.4 is 0 Å².